The molecule has 137 valence electrons. The molecule has 0 unspecified atom stereocenters. The van der Waals surface area contributed by atoms with Crippen LogP contribution in [0, 0.1) is 47.8 Å². The van der Waals surface area contributed by atoms with Gasteiger partial charge in [0.05, 0.1) is 35.2 Å². The quantitative estimate of drug-likeness (QED) is 0.305. The van der Waals surface area contributed by atoms with Gasteiger partial charge in [0.25, 0.3) is 0 Å². The van der Waals surface area contributed by atoms with Gasteiger partial charge in [-0.3, -0.25) is 9.98 Å². The van der Waals surface area contributed by atoms with Gasteiger partial charge in [-0.1, -0.05) is 36.4 Å². The van der Waals surface area contributed by atoms with Crippen molar-refractivity contribution in [3.05, 3.63) is 89.7 Å². The number of aromatic nitrogens is 1. The van der Waals surface area contributed by atoms with Crippen molar-refractivity contribution < 1.29 is 78.1 Å². The minimum atomic E-state index is 0. The molecule has 0 saturated heterocycles. The number of pyridine rings is 1. The van der Waals surface area contributed by atoms with Crippen LogP contribution in [0.15, 0.2) is 82.8 Å². The summed E-state index contributed by atoms with van der Waals surface area (Å²) in [6, 6.07) is 23.7. The molecule has 0 aliphatic carbocycles. The molecule has 0 amide bonds. The fourth-order valence-corrected chi connectivity index (χ4v) is 2.16. The number of aryl methyl sites for hydroxylation is 1. The van der Waals surface area contributed by atoms with Crippen LogP contribution >= 0.6 is 0 Å². The Bertz CT molecular complexity index is 774. The average molecular weight is 550 g/mol. The van der Waals surface area contributed by atoms with E-state index in [2.05, 4.69) is 15.0 Å². The largest absolute Gasteiger partial charge is 3.00 e. The van der Waals surface area contributed by atoms with Crippen LogP contribution in [0.5, 0.6) is 0 Å². The number of rotatable bonds is 4. The van der Waals surface area contributed by atoms with Crippen LogP contribution in [0.25, 0.3) is 0 Å². The smallest absolute Gasteiger partial charge is 1.00 e. The molecule has 1 heterocycles. The van der Waals surface area contributed by atoms with Gasteiger partial charge >= 0.3 is 40.8 Å². The number of nitrogens with zero attached hydrogens (tertiary/aromatic N) is 3. The Labute approximate surface area is 211 Å². The molecule has 1 radical (unpaired) electrons. The number of hydrogen-bond donors (Lipinski definition) is 0. The molecule has 0 aliphatic rings. The van der Waals surface area contributed by atoms with Crippen LogP contribution in [0.2, 0.25) is 0 Å². The molecule has 0 aliphatic heterocycles. The third-order valence-corrected chi connectivity index (χ3v) is 3.21. The maximum Gasteiger partial charge on any atom is 3.00 e. The van der Waals surface area contributed by atoms with Crippen molar-refractivity contribution in [3.8, 4) is 0 Å². The van der Waals surface area contributed by atoms with Gasteiger partial charge < -0.3 is 37.2 Å². The molecule has 3 rings (SSSR count). The van der Waals surface area contributed by atoms with E-state index in [9.17, 15) is 0 Å². The molecule has 3 aromatic rings. The van der Waals surface area contributed by atoms with Crippen LogP contribution in [-0.4, -0.2) is 17.4 Å². The molecule has 27 heavy (non-hydrogen) atoms. The maximum atomic E-state index is 4.57. The van der Waals surface area contributed by atoms with Crippen molar-refractivity contribution in [2.75, 3.05) is 0 Å². The normalized spacial score (nSPS) is 9.67. The summed E-state index contributed by atoms with van der Waals surface area (Å²) < 4.78 is 0. The zero-order valence-corrected chi connectivity index (χ0v) is 20.0. The van der Waals surface area contributed by atoms with E-state index in [1.807, 2.05) is 79.7 Å². The Hall–Kier alpha value is -0.849. The Kier molecular flexibility index (Phi) is 15.9. The van der Waals surface area contributed by atoms with E-state index in [1.54, 1.807) is 12.4 Å². The first-order chi connectivity index (χ1) is 11.3. The summed E-state index contributed by atoms with van der Waals surface area (Å²) in [7, 11) is 0. The van der Waals surface area contributed by atoms with Crippen molar-refractivity contribution in [1.29, 1.82) is 0 Å². The van der Waals surface area contributed by atoms with Gasteiger partial charge in [0.15, 0.2) is 0 Å². The summed E-state index contributed by atoms with van der Waals surface area (Å²) in [5.41, 5.74) is 4.60. The molecular formula is C20H17Cl3N3Nd. The van der Waals surface area contributed by atoms with Gasteiger partial charge in [-0.15, -0.1) is 0 Å². The average Bonchev–Trinajstić information content (AvgIpc) is 2.60. The fourth-order valence-electron chi connectivity index (χ4n) is 2.16. The summed E-state index contributed by atoms with van der Waals surface area (Å²) in [5.74, 6) is 0. The van der Waals surface area contributed by atoms with Crippen LogP contribution < -0.4 is 37.2 Å². The molecule has 0 spiro atoms. The van der Waals surface area contributed by atoms with Crippen molar-refractivity contribution in [3.63, 3.8) is 0 Å². The first-order valence-electron chi connectivity index (χ1n) is 7.46. The minimum absolute atomic E-state index is 0. The summed E-state index contributed by atoms with van der Waals surface area (Å²) in [5, 5.41) is 0. The summed E-state index contributed by atoms with van der Waals surface area (Å²) in [6.07, 6.45) is 3.56. The third kappa shape index (κ3) is 9.77. The Morgan fingerprint density at radius 2 is 1.04 bits per heavy atom. The molecule has 0 atom stereocenters. The predicted molar refractivity (Wildman–Crippen MR) is 96.4 cm³/mol. The van der Waals surface area contributed by atoms with E-state index in [1.165, 1.54) is 0 Å². The molecule has 0 bridgehead atoms. The molecule has 0 fully saturated rings. The molecule has 7 heteroatoms. The second-order valence-electron chi connectivity index (χ2n) is 5.18. The number of aliphatic imine (C=N–C) groups is 2. The summed E-state index contributed by atoms with van der Waals surface area (Å²) in [6.45, 7) is 2.04. The van der Waals surface area contributed by atoms with Crippen LogP contribution in [0.3, 0.4) is 0 Å². The zero-order valence-electron chi connectivity index (χ0n) is 14.6. The van der Waals surface area contributed by atoms with Crippen LogP contribution in [0.1, 0.15) is 17.0 Å². The van der Waals surface area contributed by atoms with E-state index >= 15 is 0 Å². The fraction of sp³-hybridized carbons (Fsp3) is 0.0500. The van der Waals surface area contributed by atoms with Gasteiger partial charge in [-0.25, -0.2) is 4.98 Å². The number of halogens is 3. The number of benzene rings is 2. The minimum Gasteiger partial charge on any atom is -1.00 e. The van der Waals surface area contributed by atoms with Crippen molar-refractivity contribution >= 4 is 23.8 Å². The van der Waals surface area contributed by atoms with E-state index < -0.39 is 0 Å². The van der Waals surface area contributed by atoms with Gasteiger partial charge in [0.2, 0.25) is 0 Å². The standard InChI is InChI=1S/C20H17N3.3ClH.Nd/c1-16-12-19(14-21-17-8-4-2-5-9-17)23-20(13-16)15-22-18-10-6-3-7-11-18;;;;/h2-15H,1H3;3*1H;/q;;;;+3/p-3. The van der Waals surface area contributed by atoms with Crippen LogP contribution in [-0.2, 0) is 0 Å². The van der Waals surface area contributed by atoms with Gasteiger partial charge in [0.1, 0.15) is 0 Å². The summed E-state index contributed by atoms with van der Waals surface area (Å²) >= 11 is 0. The second-order valence-corrected chi connectivity index (χ2v) is 5.18. The van der Waals surface area contributed by atoms with E-state index in [4.69, 9.17) is 0 Å². The molecular weight excluding hydrogens is 533 g/mol. The Morgan fingerprint density at radius 1 is 0.667 bits per heavy atom. The van der Waals surface area contributed by atoms with E-state index in [-0.39, 0.29) is 78.1 Å². The van der Waals surface area contributed by atoms with Gasteiger partial charge in [-0.2, -0.15) is 0 Å². The third-order valence-electron chi connectivity index (χ3n) is 3.21. The molecule has 0 N–H and O–H groups in total. The van der Waals surface area contributed by atoms with Gasteiger partial charge in [-0.05, 0) is 48.9 Å². The molecule has 1 aromatic heterocycles. The van der Waals surface area contributed by atoms with Crippen molar-refractivity contribution in [2.45, 2.75) is 6.92 Å². The first-order valence-corrected chi connectivity index (χ1v) is 7.46. The SMILES string of the molecule is Cc1cc(C=Nc2ccccc2)nc(C=Nc2ccccc2)c1.[Cl-].[Cl-].[Cl-].[Nd+3]. The number of para-hydroxylation sites is 2. The second kappa shape index (κ2) is 15.1. The van der Waals surface area contributed by atoms with E-state index in [0.29, 0.717) is 0 Å². The monoisotopic (exact) mass is 546 g/mol. The van der Waals surface area contributed by atoms with Gasteiger partial charge in [0, 0.05) is 0 Å². The number of hydrogen-bond acceptors (Lipinski definition) is 3. The van der Waals surface area contributed by atoms with Crippen LogP contribution in [0.4, 0.5) is 11.4 Å². The Balaban J connectivity index is 0. The molecule has 3 nitrogen and oxygen atoms in total. The molecule has 0 saturated carbocycles. The van der Waals surface area contributed by atoms with E-state index in [0.717, 1.165) is 28.3 Å². The predicted octanol–water partition coefficient (Wildman–Crippen LogP) is -4.10. The first kappa shape index (κ1) is 28.4. The summed E-state index contributed by atoms with van der Waals surface area (Å²) in [4.78, 5) is 13.5. The topological polar surface area (TPSA) is 37.6 Å². The zero-order chi connectivity index (χ0) is 15.9. The Morgan fingerprint density at radius 3 is 1.41 bits per heavy atom. The van der Waals surface area contributed by atoms with Crippen molar-refractivity contribution in [1.82, 2.24) is 4.98 Å². The maximum absolute atomic E-state index is 4.57. The van der Waals surface area contributed by atoms with Crippen molar-refractivity contribution in [2.24, 2.45) is 9.98 Å². The molecule has 2 aromatic carbocycles.